The molecule has 2 aliphatic heterocycles. The van der Waals surface area contributed by atoms with Crippen LogP contribution < -0.4 is 5.32 Å². The van der Waals surface area contributed by atoms with Crippen LogP contribution in [0.3, 0.4) is 0 Å². The average molecular weight is 333 g/mol. The zero-order valence-corrected chi connectivity index (χ0v) is 13.5. The molecule has 7 heteroatoms. The van der Waals surface area contributed by atoms with Crippen molar-refractivity contribution in [3.8, 4) is 0 Å². The van der Waals surface area contributed by atoms with Crippen molar-refractivity contribution in [1.82, 2.24) is 15.1 Å². The van der Waals surface area contributed by atoms with E-state index in [1.165, 1.54) is 24.3 Å². The van der Waals surface area contributed by atoms with Crippen LogP contribution in [0.15, 0.2) is 24.3 Å². The molecule has 4 amide bonds. The fraction of sp³-hybridized carbons (Fsp3) is 0.471. The van der Waals surface area contributed by atoms with Crippen LogP contribution in [0, 0.1) is 5.82 Å². The van der Waals surface area contributed by atoms with Crippen LogP contribution in [0.4, 0.5) is 9.18 Å². The lowest BCUT2D eigenvalue weighted by molar-refractivity contribution is -0.138. The van der Waals surface area contributed by atoms with Gasteiger partial charge in [0.15, 0.2) is 0 Å². The molecule has 0 saturated carbocycles. The summed E-state index contributed by atoms with van der Waals surface area (Å²) in [5.41, 5.74) is -0.725. The van der Waals surface area contributed by atoms with E-state index < -0.39 is 23.3 Å². The number of amides is 4. The Kier molecular flexibility index (Phi) is 4.26. The molecule has 0 aromatic heterocycles. The largest absolute Gasteiger partial charge is 0.341 e. The van der Waals surface area contributed by atoms with Crippen molar-refractivity contribution in [2.24, 2.45) is 0 Å². The highest BCUT2D eigenvalue weighted by Gasteiger charge is 2.51. The Morgan fingerprint density at radius 1 is 1.21 bits per heavy atom. The Balaban J connectivity index is 1.83. The number of carbonyl (C=O) groups excluding carboxylic acids is 3. The van der Waals surface area contributed by atoms with Crippen LogP contribution >= 0.6 is 0 Å². The van der Waals surface area contributed by atoms with Gasteiger partial charge in [0.2, 0.25) is 5.91 Å². The summed E-state index contributed by atoms with van der Waals surface area (Å²) in [4.78, 5) is 40.1. The summed E-state index contributed by atoms with van der Waals surface area (Å²) in [5.74, 6) is -1.10. The minimum atomic E-state index is -1.24. The van der Waals surface area contributed by atoms with E-state index in [1.54, 1.807) is 11.8 Å². The van der Waals surface area contributed by atoms with E-state index in [9.17, 15) is 18.8 Å². The summed E-state index contributed by atoms with van der Waals surface area (Å²) < 4.78 is 13.2. The zero-order valence-electron chi connectivity index (χ0n) is 13.5. The van der Waals surface area contributed by atoms with E-state index in [1.807, 2.05) is 0 Å². The number of urea groups is 1. The van der Waals surface area contributed by atoms with Crippen LogP contribution in [-0.4, -0.2) is 47.3 Å². The first-order valence-corrected chi connectivity index (χ1v) is 8.16. The van der Waals surface area contributed by atoms with Gasteiger partial charge in [0.25, 0.3) is 5.91 Å². The highest BCUT2D eigenvalue weighted by molar-refractivity contribution is 6.09. The van der Waals surface area contributed by atoms with Gasteiger partial charge in [-0.15, -0.1) is 0 Å². The van der Waals surface area contributed by atoms with Gasteiger partial charge in [-0.3, -0.25) is 14.5 Å². The molecule has 6 nitrogen and oxygen atoms in total. The van der Waals surface area contributed by atoms with Gasteiger partial charge >= 0.3 is 6.03 Å². The van der Waals surface area contributed by atoms with Crippen molar-refractivity contribution in [3.05, 3.63) is 35.6 Å². The van der Waals surface area contributed by atoms with Gasteiger partial charge in [-0.05, 0) is 37.0 Å². The highest BCUT2D eigenvalue weighted by atomic mass is 19.1. The van der Waals surface area contributed by atoms with Crippen molar-refractivity contribution in [2.45, 2.75) is 31.7 Å². The number of benzene rings is 1. The second kappa shape index (κ2) is 6.22. The van der Waals surface area contributed by atoms with E-state index in [2.05, 4.69) is 5.32 Å². The first-order valence-electron chi connectivity index (χ1n) is 8.16. The maximum Gasteiger partial charge on any atom is 0.325 e. The lowest BCUT2D eigenvalue weighted by Crippen LogP contribution is -2.45. The molecular weight excluding hydrogens is 313 g/mol. The predicted octanol–water partition coefficient (Wildman–Crippen LogP) is 1.61. The maximum atomic E-state index is 13.2. The second-order valence-corrected chi connectivity index (χ2v) is 6.18. The van der Waals surface area contributed by atoms with Crippen LogP contribution in [0.25, 0.3) is 0 Å². The Labute approximate surface area is 139 Å². The summed E-state index contributed by atoms with van der Waals surface area (Å²) in [5, 5.41) is 2.69. The molecule has 1 atom stereocenters. The average Bonchev–Trinajstić information content (AvgIpc) is 3.19. The van der Waals surface area contributed by atoms with Crippen LogP contribution in [-0.2, 0) is 15.1 Å². The summed E-state index contributed by atoms with van der Waals surface area (Å²) in [6.45, 7) is 2.85. The Morgan fingerprint density at radius 3 is 2.42 bits per heavy atom. The van der Waals surface area contributed by atoms with Crippen molar-refractivity contribution in [3.63, 3.8) is 0 Å². The quantitative estimate of drug-likeness (QED) is 0.851. The monoisotopic (exact) mass is 333 g/mol. The molecule has 1 aromatic rings. The Hall–Kier alpha value is -2.44. The van der Waals surface area contributed by atoms with Crippen molar-refractivity contribution < 1.29 is 18.8 Å². The first kappa shape index (κ1) is 16.4. The molecule has 2 heterocycles. The van der Waals surface area contributed by atoms with Crippen molar-refractivity contribution in [2.75, 3.05) is 19.6 Å². The van der Waals surface area contributed by atoms with Crippen molar-refractivity contribution >= 4 is 17.8 Å². The van der Waals surface area contributed by atoms with E-state index in [4.69, 9.17) is 0 Å². The number of hydrogen-bond donors (Lipinski definition) is 1. The SMILES string of the molecule is CC[C@@]1(c2ccc(F)cc2)NC(=O)N(CC(=O)N2CCCC2)C1=O. The number of imide groups is 1. The minimum Gasteiger partial charge on any atom is -0.341 e. The van der Waals surface area contributed by atoms with Gasteiger partial charge < -0.3 is 10.2 Å². The molecule has 0 bridgehead atoms. The molecule has 24 heavy (non-hydrogen) atoms. The number of carbonyl (C=O) groups is 3. The molecule has 1 aromatic carbocycles. The fourth-order valence-electron chi connectivity index (χ4n) is 3.35. The van der Waals surface area contributed by atoms with Crippen molar-refractivity contribution in [1.29, 1.82) is 0 Å². The normalized spacial score (nSPS) is 23.8. The van der Waals surface area contributed by atoms with Gasteiger partial charge in [0, 0.05) is 13.1 Å². The van der Waals surface area contributed by atoms with Gasteiger partial charge in [-0.25, -0.2) is 9.18 Å². The van der Waals surface area contributed by atoms with Gasteiger partial charge in [-0.2, -0.15) is 0 Å². The van der Waals surface area contributed by atoms with Crippen LogP contribution in [0.2, 0.25) is 0 Å². The smallest absolute Gasteiger partial charge is 0.325 e. The third-order valence-electron chi connectivity index (χ3n) is 4.80. The summed E-state index contributed by atoms with van der Waals surface area (Å²) in [7, 11) is 0. The molecule has 0 aliphatic carbocycles. The third-order valence-corrected chi connectivity index (χ3v) is 4.80. The molecule has 0 unspecified atom stereocenters. The molecule has 128 valence electrons. The molecule has 3 rings (SSSR count). The van der Waals surface area contributed by atoms with Gasteiger partial charge in [0.05, 0.1) is 0 Å². The number of halogens is 1. The summed E-state index contributed by atoms with van der Waals surface area (Å²) in [6.07, 6.45) is 2.21. The second-order valence-electron chi connectivity index (χ2n) is 6.18. The topological polar surface area (TPSA) is 69.7 Å². The van der Waals surface area contributed by atoms with E-state index in [0.717, 1.165) is 17.7 Å². The number of rotatable bonds is 4. The molecule has 0 radical (unpaired) electrons. The molecular formula is C17H20FN3O3. The molecule has 1 N–H and O–H groups in total. The predicted molar refractivity (Wildman–Crippen MR) is 84.4 cm³/mol. The molecule has 2 aliphatic rings. The minimum absolute atomic E-state index is 0.220. The van der Waals surface area contributed by atoms with Gasteiger partial charge in [0.1, 0.15) is 17.9 Å². The van der Waals surface area contributed by atoms with Crippen LogP contribution in [0.5, 0.6) is 0 Å². The first-order chi connectivity index (χ1) is 11.5. The maximum absolute atomic E-state index is 13.2. The summed E-state index contributed by atoms with van der Waals surface area (Å²) >= 11 is 0. The Morgan fingerprint density at radius 2 is 1.83 bits per heavy atom. The molecule has 0 spiro atoms. The zero-order chi connectivity index (χ0) is 17.3. The fourth-order valence-corrected chi connectivity index (χ4v) is 3.35. The third kappa shape index (κ3) is 2.64. The summed E-state index contributed by atoms with van der Waals surface area (Å²) in [6, 6.07) is 4.90. The number of likely N-dealkylation sites (tertiary alicyclic amines) is 1. The Bertz CT molecular complexity index is 670. The molecule has 2 fully saturated rings. The van der Waals surface area contributed by atoms with E-state index in [0.29, 0.717) is 25.1 Å². The lowest BCUT2D eigenvalue weighted by atomic mass is 9.87. The standard InChI is InChI=1S/C17H20FN3O3/c1-2-17(12-5-7-13(18)8-6-12)15(23)21(16(24)19-17)11-14(22)20-9-3-4-10-20/h5-8H,2-4,9-11H2,1H3,(H,19,24)/t17-/m0/s1. The van der Waals surface area contributed by atoms with E-state index in [-0.39, 0.29) is 12.5 Å². The molecule has 2 saturated heterocycles. The number of nitrogens with one attached hydrogen (secondary N) is 1. The highest BCUT2D eigenvalue weighted by Crippen LogP contribution is 2.32. The van der Waals surface area contributed by atoms with Gasteiger partial charge in [-0.1, -0.05) is 19.1 Å². The number of hydrogen-bond acceptors (Lipinski definition) is 3. The van der Waals surface area contributed by atoms with E-state index >= 15 is 0 Å². The number of nitrogens with zero attached hydrogens (tertiary/aromatic N) is 2. The lowest BCUT2D eigenvalue weighted by Gasteiger charge is -2.26. The van der Waals surface area contributed by atoms with Crippen LogP contribution in [0.1, 0.15) is 31.7 Å².